The van der Waals surface area contributed by atoms with Crippen LogP contribution in [0, 0.1) is 0 Å². The zero-order valence-electron chi connectivity index (χ0n) is 15.5. The Labute approximate surface area is 165 Å². The number of carbonyl (C=O) groups excluding carboxylic acids is 4. The standard InChI is InChI=1S/C19H20N2O6S/c1-3-26-19(25)16-12-5-4-6-14(12)28-17(16)21-15(23)9-27-18(24)13-7-11(8-20-13)10(2)22/h7-8,20H,3-6,9H2,1-2H3,(H,21,23). The Morgan fingerprint density at radius 2 is 1.96 bits per heavy atom. The lowest BCUT2D eigenvalue weighted by Gasteiger charge is -2.08. The first-order valence-corrected chi connectivity index (χ1v) is 9.70. The van der Waals surface area contributed by atoms with Crippen LogP contribution in [0.1, 0.15) is 61.9 Å². The van der Waals surface area contributed by atoms with E-state index in [1.54, 1.807) is 6.92 Å². The molecule has 2 N–H and O–H groups in total. The van der Waals surface area contributed by atoms with Gasteiger partial charge in [0.05, 0.1) is 12.2 Å². The van der Waals surface area contributed by atoms with Crippen molar-refractivity contribution >= 4 is 40.0 Å². The van der Waals surface area contributed by atoms with Crippen molar-refractivity contribution in [1.82, 2.24) is 4.98 Å². The number of rotatable bonds is 7. The summed E-state index contributed by atoms with van der Waals surface area (Å²) in [6.07, 6.45) is 4.01. The molecule has 0 atom stereocenters. The lowest BCUT2D eigenvalue weighted by atomic mass is 10.1. The summed E-state index contributed by atoms with van der Waals surface area (Å²) in [6.45, 7) is 2.83. The molecule has 0 aromatic carbocycles. The van der Waals surface area contributed by atoms with Gasteiger partial charge in [0.2, 0.25) is 0 Å². The van der Waals surface area contributed by atoms with Crippen LogP contribution in [0.15, 0.2) is 12.3 Å². The first kappa shape index (κ1) is 19.8. The lowest BCUT2D eigenvalue weighted by molar-refractivity contribution is -0.119. The predicted molar refractivity (Wildman–Crippen MR) is 102 cm³/mol. The Balaban J connectivity index is 1.64. The number of carbonyl (C=O) groups is 4. The Kier molecular flexibility index (Phi) is 5.93. The van der Waals surface area contributed by atoms with E-state index in [1.165, 1.54) is 30.5 Å². The highest BCUT2D eigenvalue weighted by molar-refractivity contribution is 7.17. The highest BCUT2D eigenvalue weighted by Gasteiger charge is 2.28. The fourth-order valence-electron chi connectivity index (χ4n) is 3.00. The van der Waals surface area contributed by atoms with E-state index < -0.39 is 24.5 Å². The second-order valence-corrected chi connectivity index (χ2v) is 7.37. The van der Waals surface area contributed by atoms with Crippen molar-refractivity contribution in [2.75, 3.05) is 18.5 Å². The topological polar surface area (TPSA) is 115 Å². The van der Waals surface area contributed by atoms with Gasteiger partial charge in [-0.3, -0.25) is 9.59 Å². The molecule has 0 fully saturated rings. The molecule has 0 unspecified atom stereocenters. The van der Waals surface area contributed by atoms with Crippen LogP contribution in [0.25, 0.3) is 0 Å². The van der Waals surface area contributed by atoms with Gasteiger partial charge in [-0.05, 0) is 44.7 Å². The third-order valence-corrected chi connectivity index (χ3v) is 5.50. The van der Waals surface area contributed by atoms with Crippen LogP contribution in [0.4, 0.5) is 5.00 Å². The molecule has 0 saturated heterocycles. The first-order chi connectivity index (χ1) is 13.4. The minimum atomic E-state index is -0.748. The molecule has 2 aromatic heterocycles. The molecule has 2 aromatic rings. The van der Waals surface area contributed by atoms with E-state index in [9.17, 15) is 19.2 Å². The van der Waals surface area contributed by atoms with E-state index in [2.05, 4.69) is 10.3 Å². The van der Waals surface area contributed by atoms with Crippen LogP contribution in [0.3, 0.4) is 0 Å². The van der Waals surface area contributed by atoms with Gasteiger partial charge in [-0.25, -0.2) is 9.59 Å². The summed E-state index contributed by atoms with van der Waals surface area (Å²) in [6, 6.07) is 1.37. The summed E-state index contributed by atoms with van der Waals surface area (Å²) in [4.78, 5) is 51.5. The van der Waals surface area contributed by atoms with Gasteiger partial charge in [0, 0.05) is 16.6 Å². The van der Waals surface area contributed by atoms with E-state index in [0.29, 0.717) is 16.1 Å². The molecular weight excluding hydrogens is 384 g/mol. The van der Waals surface area contributed by atoms with Gasteiger partial charge >= 0.3 is 11.9 Å². The number of esters is 2. The normalized spacial score (nSPS) is 12.4. The van der Waals surface area contributed by atoms with Crippen LogP contribution in [-0.4, -0.2) is 41.8 Å². The molecule has 148 valence electrons. The van der Waals surface area contributed by atoms with E-state index in [4.69, 9.17) is 9.47 Å². The number of fused-ring (bicyclic) bond motifs is 1. The molecule has 0 bridgehead atoms. The molecule has 1 amide bonds. The number of hydrogen-bond acceptors (Lipinski definition) is 7. The number of aromatic nitrogens is 1. The van der Waals surface area contributed by atoms with E-state index in [-0.39, 0.29) is 18.1 Å². The average Bonchev–Trinajstić information content (AvgIpc) is 3.35. The van der Waals surface area contributed by atoms with Gasteiger partial charge in [-0.15, -0.1) is 11.3 Å². The fraction of sp³-hybridized carbons (Fsp3) is 0.368. The number of nitrogens with one attached hydrogen (secondary N) is 2. The number of ether oxygens (including phenoxy) is 2. The lowest BCUT2D eigenvalue weighted by Crippen LogP contribution is -2.22. The van der Waals surface area contributed by atoms with Gasteiger partial charge in [0.1, 0.15) is 10.7 Å². The van der Waals surface area contributed by atoms with Crippen molar-refractivity contribution in [3.63, 3.8) is 0 Å². The summed E-state index contributed by atoms with van der Waals surface area (Å²) < 4.78 is 10.1. The largest absolute Gasteiger partial charge is 0.462 e. The van der Waals surface area contributed by atoms with Crippen LogP contribution in [0.2, 0.25) is 0 Å². The van der Waals surface area contributed by atoms with Gasteiger partial charge < -0.3 is 19.8 Å². The second kappa shape index (κ2) is 8.39. The third-order valence-electron chi connectivity index (χ3n) is 4.30. The average molecular weight is 404 g/mol. The van der Waals surface area contributed by atoms with E-state index in [1.807, 2.05) is 0 Å². The Bertz CT molecular complexity index is 942. The predicted octanol–water partition coefficient (Wildman–Crippen LogP) is 2.74. The quantitative estimate of drug-likeness (QED) is 0.542. The zero-order valence-corrected chi connectivity index (χ0v) is 16.4. The summed E-state index contributed by atoms with van der Waals surface area (Å²) in [5.74, 6) is -1.96. The molecule has 8 nitrogen and oxygen atoms in total. The number of aromatic amines is 1. The number of amides is 1. The highest BCUT2D eigenvalue weighted by Crippen LogP contribution is 2.39. The van der Waals surface area contributed by atoms with Gasteiger partial charge in [-0.2, -0.15) is 0 Å². The fourth-order valence-corrected chi connectivity index (χ4v) is 4.29. The number of Topliss-reactive ketones (excluding diaryl/α,β-unsaturated/α-hetero) is 1. The molecule has 0 aliphatic heterocycles. The van der Waals surface area contributed by atoms with Crippen molar-refractivity contribution in [2.45, 2.75) is 33.1 Å². The molecule has 0 saturated carbocycles. The number of ketones is 1. The number of aryl methyl sites for hydroxylation is 1. The van der Waals surface area contributed by atoms with Crippen molar-refractivity contribution in [2.24, 2.45) is 0 Å². The maximum absolute atomic E-state index is 12.3. The number of hydrogen-bond donors (Lipinski definition) is 2. The van der Waals surface area contributed by atoms with Crippen LogP contribution in [0.5, 0.6) is 0 Å². The van der Waals surface area contributed by atoms with Crippen molar-refractivity contribution in [3.8, 4) is 0 Å². The van der Waals surface area contributed by atoms with Crippen LogP contribution in [-0.2, 0) is 27.1 Å². The molecular formula is C19H20N2O6S. The van der Waals surface area contributed by atoms with Gasteiger partial charge in [0.25, 0.3) is 5.91 Å². The van der Waals surface area contributed by atoms with Crippen molar-refractivity contribution < 1.29 is 28.7 Å². The summed E-state index contributed by atoms with van der Waals surface area (Å²) in [5.41, 5.74) is 1.76. The Hall–Kier alpha value is -2.94. The van der Waals surface area contributed by atoms with Gasteiger partial charge in [-0.1, -0.05) is 0 Å². The van der Waals surface area contributed by atoms with Crippen LogP contribution < -0.4 is 5.32 Å². The van der Waals surface area contributed by atoms with Gasteiger partial charge in [0.15, 0.2) is 12.4 Å². The van der Waals surface area contributed by atoms with Crippen molar-refractivity contribution in [3.05, 3.63) is 39.5 Å². The minimum absolute atomic E-state index is 0.0836. The third kappa shape index (κ3) is 4.14. The summed E-state index contributed by atoms with van der Waals surface area (Å²) in [7, 11) is 0. The summed E-state index contributed by atoms with van der Waals surface area (Å²) >= 11 is 1.35. The van der Waals surface area contributed by atoms with E-state index in [0.717, 1.165) is 29.7 Å². The van der Waals surface area contributed by atoms with Crippen LogP contribution >= 0.6 is 11.3 Å². The Morgan fingerprint density at radius 3 is 2.64 bits per heavy atom. The molecule has 3 rings (SSSR count). The molecule has 0 radical (unpaired) electrons. The first-order valence-electron chi connectivity index (χ1n) is 8.88. The Morgan fingerprint density at radius 1 is 1.18 bits per heavy atom. The number of anilines is 1. The maximum atomic E-state index is 12.3. The van der Waals surface area contributed by atoms with E-state index >= 15 is 0 Å². The molecule has 9 heteroatoms. The smallest absolute Gasteiger partial charge is 0.355 e. The second-order valence-electron chi connectivity index (χ2n) is 6.26. The number of H-pyrrole nitrogens is 1. The molecule has 0 spiro atoms. The SMILES string of the molecule is CCOC(=O)c1c(NC(=O)COC(=O)c2cc(C(C)=O)c[nH]2)sc2c1CCC2. The van der Waals surface area contributed by atoms with Crippen molar-refractivity contribution in [1.29, 1.82) is 0 Å². The monoisotopic (exact) mass is 404 g/mol. The molecule has 28 heavy (non-hydrogen) atoms. The number of thiophene rings is 1. The maximum Gasteiger partial charge on any atom is 0.355 e. The molecule has 1 aliphatic rings. The summed E-state index contributed by atoms with van der Waals surface area (Å²) in [5, 5.41) is 3.07. The molecule has 2 heterocycles. The zero-order chi connectivity index (χ0) is 20.3. The minimum Gasteiger partial charge on any atom is -0.462 e. The highest BCUT2D eigenvalue weighted by atomic mass is 32.1. The molecule has 1 aliphatic carbocycles.